The zero-order valence-corrected chi connectivity index (χ0v) is 10.6. The maximum atomic E-state index is 5.17. The molecule has 0 radical (unpaired) electrons. The summed E-state index contributed by atoms with van der Waals surface area (Å²) in [6.45, 7) is 0. The van der Waals surface area contributed by atoms with Crippen molar-refractivity contribution in [3.05, 3.63) is 53.5 Å². The highest BCUT2D eigenvalue weighted by Gasteiger charge is 2.00. The van der Waals surface area contributed by atoms with E-state index in [4.69, 9.17) is 4.74 Å². The molecule has 2 aromatic heterocycles. The summed E-state index contributed by atoms with van der Waals surface area (Å²) in [5.41, 5.74) is 1.76. The minimum absolute atomic E-state index is 0.798. The third-order valence-corrected chi connectivity index (χ3v) is 3.28. The van der Waals surface area contributed by atoms with Gasteiger partial charge in [0.05, 0.1) is 12.8 Å². The van der Waals surface area contributed by atoms with Crippen LogP contribution in [0.3, 0.4) is 0 Å². The summed E-state index contributed by atoms with van der Waals surface area (Å²) in [4.78, 5) is 5.41. The van der Waals surface area contributed by atoms with Crippen LogP contribution in [-0.4, -0.2) is 15.9 Å². The van der Waals surface area contributed by atoms with Crippen molar-refractivity contribution in [3.63, 3.8) is 0 Å². The molecule has 1 aromatic carbocycles. The minimum Gasteiger partial charge on any atom is -0.497 e. The van der Waals surface area contributed by atoms with Crippen molar-refractivity contribution in [2.45, 2.75) is 0 Å². The molecule has 0 unspecified atom stereocenters. The van der Waals surface area contributed by atoms with Crippen LogP contribution in [0.4, 0.5) is 5.69 Å². The van der Waals surface area contributed by atoms with Crippen LogP contribution in [-0.2, 0) is 0 Å². The van der Waals surface area contributed by atoms with Gasteiger partial charge in [-0.2, -0.15) is 4.37 Å². The molecular weight excluding hydrogens is 246 g/mol. The average Bonchev–Trinajstić information content (AvgIpc) is 2.82. The van der Waals surface area contributed by atoms with Crippen molar-refractivity contribution in [3.8, 4) is 5.75 Å². The number of pyridine rings is 1. The second kappa shape index (κ2) is 4.62. The van der Waals surface area contributed by atoms with Crippen molar-refractivity contribution < 1.29 is 4.74 Å². The van der Waals surface area contributed by atoms with E-state index in [1.54, 1.807) is 7.11 Å². The fraction of sp³-hybridized carbons (Fsp3) is 0.0769. The Hall–Kier alpha value is -2.14. The smallest absolute Gasteiger partial charge is 0.213 e. The maximum absolute atomic E-state index is 5.17. The Morgan fingerprint density at radius 2 is 2.06 bits per heavy atom. The molecule has 0 atom stereocenters. The van der Waals surface area contributed by atoms with Gasteiger partial charge < -0.3 is 4.74 Å². The molecule has 0 aliphatic carbocycles. The normalized spacial score (nSPS) is 11.9. The quantitative estimate of drug-likeness (QED) is 0.708. The molecule has 0 amide bonds. The highest BCUT2D eigenvalue weighted by Crippen LogP contribution is 2.13. The zero-order chi connectivity index (χ0) is 12.4. The molecule has 0 bridgehead atoms. The monoisotopic (exact) mass is 257 g/mol. The fourth-order valence-electron chi connectivity index (χ4n) is 1.65. The SMILES string of the molecule is COc1ccn2c(=Nc3ccccc3)snc2c1. The van der Waals surface area contributed by atoms with Crippen LogP contribution in [0.5, 0.6) is 5.75 Å². The number of nitrogens with zero attached hydrogens (tertiary/aromatic N) is 3. The lowest BCUT2D eigenvalue weighted by Crippen LogP contribution is -2.05. The van der Waals surface area contributed by atoms with Gasteiger partial charge in [0.25, 0.3) is 0 Å². The molecule has 0 fully saturated rings. The average molecular weight is 257 g/mol. The third kappa shape index (κ3) is 2.00. The maximum Gasteiger partial charge on any atom is 0.213 e. The number of fused-ring (bicyclic) bond motifs is 1. The summed E-state index contributed by atoms with van der Waals surface area (Å²) in [5.74, 6) is 0.798. The van der Waals surface area contributed by atoms with Gasteiger partial charge in [0, 0.05) is 23.8 Å². The number of rotatable bonds is 2. The number of para-hydroxylation sites is 1. The van der Waals surface area contributed by atoms with E-state index < -0.39 is 0 Å². The number of aromatic nitrogens is 2. The number of benzene rings is 1. The Bertz CT molecular complexity index is 731. The van der Waals surface area contributed by atoms with Crippen molar-refractivity contribution in [1.29, 1.82) is 0 Å². The Morgan fingerprint density at radius 3 is 2.83 bits per heavy atom. The molecular formula is C13H11N3OS. The van der Waals surface area contributed by atoms with Gasteiger partial charge >= 0.3 is 0 Å². The van der Waals surface area contributed by atoms with Crippen LogP contribution in [0.2, 0.25) is 0 Å². The first-order chi connectivity index (χ1) is 8.86. The molecule has 18 heavy (non-hydrogen) atoms. The summed E-state index contributed by atoms with van der Waals surface area (Å²) >= 11 is 1.37. The van der Waals surface area contributed by atoms with E-state index in [-0.39, 0.29) is 0 Å². The Kier molecular flexibility index (Phi) is 2.82. The van der Waals surface area contributed by atoms with Crippen LogP contribution < -0.4 is 9.54 Å². The van der Waals surface area contributed by atoms with E-state index in [9.17, 15) is 0 Å². The Balaban J connectivity index is 2.16. The van der Waals surface area contributed by atoms with E-state index in [0.717, 1.165) is 21.9 Å². The first kappa shape index (κ1) is 11.0. The number of hydrogen-bond acceptors (Lipinski definition) is 4. The second-order valence-electron chi connectivity index (χ2n) is 3.71. The molecule has 0 saturated carbocycles. The molecule has 0 spiro atoms. The minimum atomic E-state index is 0.798. The van der Waals surface area contributed by atoms with Crippen molar-refractivity contribution in [2.24, 2.45) is 4.99 Å². The van der Waals surface area contributed by atoms with Crippen LogP contribution in [0.1, 0.15) is 0 Å². The second-order valence-corrected chi connectivity index (χ2v) is 4.44. The lowest BCUT2D eigenvalue weighted by molar-refractivity contribution is 0.414. The lowest BCUT2D eigenvalue weighted by Gasteiger charge is -1.98. The molecule has 0 saturated heterocycles. The molecule has 0 N–H and O–H groups in total. The summed E-state index contributed by atoms with van der Waals surface area (Å²) in [5, 5.41) is 0. The van der Waals surface area contributed by atoms with E-state index in [1.165, 1.54) is 11.5 Å². The Morgan fingerprint density at radius 1 is 1.22 bits per heavy atom. The van der Waals surface area contributed by atoms with Crippen LogP contribution >= 0.6 is 11.5 Å². The van der Waals surface area contributed by atoms with Crippen LogP contribution in [0.25, 0.3) is 5.65 Å². The van der Waals surface area contributed by atoms with Gasteiger partial charge in [-0.1, -0.05) is 18.2 Å². The largest absolute Gasteiger partial charge is 0.497 e. The van der Waals surface area contributed by atoms with E-state index >= 15 is 0 Å². The van der Waals surface area contributed by atoms with E-state index in [2.05, 4.69) is 9.37 Å². The summed E-state index contributed by atoms with van der Waals surface area (Å²) in [6.07, 6.45) is 1.92. The Labute approximate surface area is 108 Å². The van der Waals surface area contributed by atoms with Gasteiger partial charge in [0.15, 0.2) is 5.65 Å². The van der Waals surface area contributed by atoms with E-state index in [1.807, 2.05) is 53.1 Å². The van der Waals surface area contributed by atoms with Crippen molar-refractivity contribution in [2.75, 3.05) is 7.11 Å². The summed E-state index contributed by atoms with van der Waals surface area (Å²) < 4.78 is 11.5. The highest BCUT2D eigenvalue weighted by molar-refractivity contribution is 7.03. The van der Waals surface area contributed by atoms with Gasteiger partial charge in [-0.3, -0.25) is 4.40 Å². The third-order valence-electron chi connectivity index (χ3n) is 2.55. The molecule has 0 aliphatic heterocycles. The number of hydrogen-bond donors (Lipinski definition) is 0. The van der Waals surface area contributed by atoms with Gasteiger partial charge in [0.1, 0.15) is 5.75 Å². The fourth-order valence-corrected chi connectivity index (χ4v) is 2.35. The summed E-state index contributed by atoms with van der Waals surface area (Å²) in [7, 11) is 1.65. The van der Waals surface area contributed by atoms with Gasteiger partial charge in [-0.25, -0.2) is 4.99 Å². The predicted molar refractivity (Wildman–Crippen MR) is 71.3 cm³/mol. The molecule has 2 heterocycles. The van der Waals surface area contributed by atoms with Crippen LogP contribution in [0, 0.1) is 0 Å². The molecule has 0 aliphatic rings. The van der Waals surface area contributed by atoms with Crippen molar-refractivity contribution >= 4 is 22.9 Å². The number of ether oxygens (including phenoxy) is 1. The highest BCUT2D eigenvalue weighted by atomic mass is 32.1. The first-order valence-electron chi connectivity index (χ1n) is 5.49. The van der Waals surface area contributed by atoms with Crippen molar-refractivity contribution in [1.82, 2.24) is 8.77 Å². The van der Waals surface area contributed by atoms with Gasteiger partial charge in [0.2, 0.25) is 4.80 Å². The first-order valence-corrected chi connectivity index (χ1v) is 6.26. The summed E-state index contributed by atoms with van der Waals surface area (Å²) in [6, 6.07) is 13.6. The van der Waals surface area contributed by atoms with Gasteiger partial charge in [-0.15, -0.1) is 0 Å². The number of methoxy groups -OCH3 is 1. The topological polar surface area (TPSA) is 38.9 Å². The molecule has 90 valence electrons. The van der Waals surface area contributed by atoms with Gasteiger partial charge in [-0.05, 0) is 18.2 Å². The molecule has 5 heteroatoms. The predicted octanol–water partition coefficient (Wildman–Crippen LogP) is 2.64. The zero-order valence-electron chi connectivity index (χ0n) is 9.78. The van der Waals surface area contributed by atoms with E-state index in [0.29, 0.717) is 0 Å². The standard InChI is InChI=1S/C13H11N3OS/c1-17-11-7-8-16-12(9-11)15-18-13(16)14-10-5-3-2-4-6-10/h2-9H,1H3. The molecule has 3 rings (SSSR count). The lowest BCUT2D eigenvalue weighted by atomic mass is 10.3. The molecule has 3 aromatic rings. The van der Waals surface area contributed by atoms with Crippen LogP contribution in [0.15, 0.2) is 53.7 Å². The molecule has 4 nitrogen and oxygen atoms in total.